The molecule has 0 amide bonds. The van der Waals surface area contributed by atoms with Crippen molar-refractivity contribution in [3.63, 3.8) is 0 Å². The molecule has 0 aromatic heterocycles. The van der Waals surface area contributed by atoms with Gasteiger partial charge >= 0.3 is 0 Å². The van der Waals surface area contributed by atoms with E-state index in [0.717, 1.165) is 11.4 Å². The fraction of sp³-hybridized carbons (Fsp3) is 0.571. The summed E-state index contributed by atoms with van der Waals surface area (Å²) in [5.41, 5.74) is 1.11. The zero-order chi connectivity index (χ0) is 13.0. The lowest BCUT2D eigenvalue weighted by atomic mass is 10.3. The molecule has 0 aliphatic heterocycles. The van der Waals surface area contributed by atoms with E-state index in [0.29, 0.717) is 12.6 Å². The van der Waals surface area contributed by atoms with Gasteiger partial charge in [0.15, 0.2) is 0 Å². The molecule has 1 aliphatic carbocycles. The number of aliphatic hydroxyl groups is 1. The number of aliphatic hydroxyl groups excluding tert-OH is 1. The standard InChI is InChI=1S/C14H22N2O2/c1-16(2)13-4-3-5-14(8-13)18-10-12(9-17)15-11-6-7-11/h3-5,8,11-12,15,17H,6-7,9-10H2,1-2H3. The summed E-state index contributed by atoms with van der Waals surface area (Å²) in [6.07, 6.45) is 2.43. The highest BCUT2D eigenvalue weighted by Crippen LogP contribution is 2.21. The average Bonchev–Trinajstić information content (AvgIpc) is 3.18. The van der Waals surface area contributed by atoms with Crippen LogP contribution in [0.5, 0.6) is 5.75 Å². The van der Waals surface area contributed by atoms with Crippen molar-refractivity contribution in [2.75, 3.05) is 32.2 Å². The summed E-state index contributed by atoms with van der Waals surface area (Å²) in [6.45, 7) is 0.619. The van der Waals surface area contributed by atoms with Gasteiger partial charge in [0.05, 0.1) is 12.6 Å². The third-order valence-corrected chi connectivity index (χ3v) is 3.05. The maximum absolute atomic E-state index is 9.27. The normalized spacial score (nSPS) is 16.4. The molecule has 1 aromatic carbocycles. The van der Waals surface area contributed by atoms with E-state index in [9.17, 15) is 5.11 Å². The molecule has 1 aliphatic rings. The van der Waals surface area contributed by atoms with E-state index >= 15 is 0 Å². The maximum Gasteiger partial charge on any atom is 0.121 e. The summed E-state index contributed by atoms with van der Waals surface area (Å²) in [6, 6.07) is 8.58. The maximum atomic E-state index is 9.27. The lowest BCUT2D eigenvalue weighted by molar-refractivity contribution is 0.182. The molecule has 0 radical (unpaired) electrons. The number of anilines is 1. The largest absolute Gasteiger partial charge is 0.492 e. The highest BCUT2D eigenvalue weighted by atomic mass is 16.5. The molecule has 2 rings (SSSR count). The molecule has 2 N–H and O–H groups in total. The van der Waals surface area contributed by atoms with Crippen molar-refractivity contribution in [2.45, 2.75) is 24.9 Å². The molecule has 1 saturated carbocycles. The van der Waals surface area contributed by atoms with E-state index < -0.39 is 0 Å². The van der Waals surface area contributed by atoms with E-state index in [4.69, 9.17) is 4.74 Å². The zero-order valence-corrected chi connectivity index (χ0v) is 11.1. The van der Waals surface area contributed by atoms with Crippen LogP contribution in [0.15, 0.2) is 24.3 Å². The lowest BCUT2D eigenvalue weighted by Crippen LogP contribution is -2.39. The van der Waals surface area contributed by atoms with Crippen LogP contribution in [0.1, 0.15) is 12.8 Å². The van der Waals surface area contributed by atoms with Gasteiger partial charge in [-0.3, -0.25) is 0 Å². The van der Waals surface area contributed by atoms with Crippen LogP contribution >= 0.6 is 0 Å². The van der Waals surface area contributed by atoms with Crippen LogP contribution < -0.4 is 15.0 Å². The van der Waals surface area contributed by atoms with Crippen molar-refractivity contribution < 1.29 is 9.84 Å². The van der Waals surface area contributed by atoms with Crippen molar-refractivity contribution in [1.29, 1.82) is 0 Å². The third-order valence-electron chi connectivity index (χ3n) is 3.05. The van der Waals surface area contributed by atoms with Crippen molar-refractivity contribution in [1.82, 2.24) is 5.32 Å². The fourth-order valence-electron chi connectivity index (χ4n) is 1.79. The second-order valence-electron chi connectivity index (χ2n) is 5.02. The lowest BCUT2D eigenvalue weighted by Gasteiger charge is -2.18. The summed E-state index contributed by atoms with van der Waals surface area (Å²) < 4.78 is 5.73. The molecule has 0 spiro atoms. The Hall–Kier alpha value is -1.26. The van der Waals surface area contributed by atoms with Crippen LogP contribution in [0.2, 0.25) is 0 Å². The molecule has 18 heavy (non-hydrogen) atoms. The Bertz CT molecular complexity index is 378. The molecule has 0 saturated heterocycles. The Kier molecular flexibility index (Phi) is 4.44. The van der Waals surface area contributed by atoms with Crippen LogP contribution in [0, 0.1) is 0 Å². The minimum Gasteiger partial charge on any atom is -0.492 e. The molecular formula is C14H22N2O2. The number of nitrogens with one attached hydrogen (secondary N) is 1. The Morgan fingerprint density at radius 1 is 1.44 bits per heavy atom. The topological polar surface area (TPSA) is 44.7 Å². The van der Waals surface area contributed by atoms with E-state index in [1.807, 2.05) is 43.3 Å². The van der Waals surface area contributed by atoms with Crippen molar-refractivity contribution >= 4 is 5.69 Å². The van der Waals surface area contributed by atoms with Crippen LogP contribution in [-0.4, -0.2) is 44.5 Å². The van der Waals surface area contributed by atoms with Gasteiger partial charge < -0.3 is 20.1 Å². The number of benzene rings is 1. The van der Waals surface area contributed by atoms with Gasteiger partial charge in [-0.15, -0.1) is 0 Å². The highest BCUT2D eigenvalue weighted by molar-refractivity contribution is 5.49. The highest BCUT2D eigenvalue weighted by Gasteiger charge is 2.24. The second-order valence-corrected chi connectivity index (χ2v) is 5.02. The number of rotatable bonds is 7. The molecule has 4 heteroatoms. The second kappa shape index (κ2) is 6.07. The van der Waals surface area contributed by atoms with Crippen LogP contribution in [-0.2, 0) is 0 Å². The van der Waals surface area contributed by atoms with Crippen LogP contribution in [0.4, 0.5) is 5.69 Å². The van der Waals surface area contributed by atoms with Gasteiger partial charge in [0, 0.05) is 31.9 Å². The molecule has 0 heterocycles. The SMILES string of the molecule is CN(C)c1cccc(OCC(CO)NC2CC2)c1. The first-order valence-electron chi connectivity index (χ1n) is 6.46. The van der Waals surface area contributed by atoms with Crippen LogP contribution in [0.3, 0.4) is 0 Å². The van der Waals surface area contributed by atoms with E-state index in [-0.39, 0.29) is 12.6 Å². The quantitative estimate of drug-likeness (QED) is 0.764. The van der Waals surface area contributed by atoms with E-state index in [1.165, 1.54) is 12.8 Å². The molecule has 0 bridgehead atoms. The summed E-state index contributed by atoms with van der Waals surface area (Å²) in [5, 5.41) is 12.6. The predicted octanol–water partition coefficient (Wildman–Crippen LogP) is 1.24. The summed E-state index contributed by atoms with van der Waals surface area (Å²) >= 11 is 0. The number of ether oxygens (including phenoxy) is 1. The number of hydrogen-bond donors (Lipinski definition) is 2. The monoisotopic (exact) mass is 250 g/mol. The molecule has 1 atom stereocenters. The predicted molar refractivity (Wildman–Crippen MR) is 73.3 cm³/mol. The number of nitrogens with zero attached hydrogens (tertiary/aromatic N) is 1. The van der Waals surface area contributed by atoms with Crippen molar-refractivity contribution in [2.24, 2.45) is 0 Å². The van der Waals surface area contributed by atoms with Gasteiger partial charge in [-0.25, -0.2) is 0 Å². The molecule has 1 aromatic rings. The molecule has 1 fully saturated rings. The van der Waals surface area contributed by atoms with Gasteiger partial charge in [-0.1, -0.05) is 6.07 Å². The summed E-state index contributed by atoms with van der Waals surface area (Å²) in [4.78, 5) is 2.04. The van der Waals surface area contributed by atoms with Gasteiger partial charge in [-0.2, -0.15) is 0 Å². The van der Waals surface area contributed by atoms with Crippen molar-refractivity contribution in [3.8, 4) is 5.75 Å². The summed E-state index contributed by atoms with van der Waals surface area (Å²) in [7, 11) is 4.01. The Morgan fingerprint density at radius 3 is 2.83 bits per heavy atom. The van der Waals surface area contributed by atoms with Gasteiger partial charge in [-0.05, 0) is 25.0 Å². The van der Waals surface area contributed by atoms with E-state index in [2.05, 4.69) is 5.32 Å². The molecular weight excluding hydrogens is 228 g/mol. The summed E-state index contributed by atoms with van der Waals surface area (Å²) in [5.74, 6) is 0.845. The van der Waals surface area contributed by atoms with Gasteiger partial charge in [0.2, 0.25) is 0 Å². The average molecular weight is 250 g/mol. The first-order chi connectivity index (χ1) is 8.69. The smallest absolute Gasteiger partial charge is 0.121 e. The van der Waals surface area contributed by atoms with Gasteiger partial charge in [0.1, 0.15) is 12.4 Å². The first kappa shape index (κ1) is 13.2. The first-order valence-corrected chi connectivity index (χ1v) is 6.46. The number of hydrogen-bond acceptors (Lipinski definition) is 4. The Morgan fingerprint density at radius 2 is 2.22 bits per heavy atom. The molecule has 1 unspecified atom stereocenters. The zero-order valence-electron chi connectivity index (χ0n) is 11.1. The fourth-order valence-corrected chi connectivity index (χ4v) is 1.79. The van der Waals surface area contributed by atoms with Crippen LogP contribution in [0.25, 0.3) is 0 Å². The molecule has 4 nitrogen and oxygen atoms in total. The Labute approximate surface area is 109 Å². The Balaban J connectivity index is 1.85. The van der Waals surface area contributed by atoms with E-state index in [1.54, 1.807) is 0 Å². The minimum atomic E-state index is 0.0283. The van der Waals surface area contributed by atoms with Crippen molar-refractivity contribution in [3.05, 3.63) is 24.3 Å². The van der Waals surface area contributed by atoms with Gasteiger partial charge in [0.25, 0.3) is 0 Å². The molecule has 100 valence electrons. The third kappa shape index (κ3) is 3.89. The minimum absolute atomic E-state index is 0.0283.